The summed E-state index contributed by atoms with van der Waals surface area (Å²) >= 11 is 0. The van der Waals surface area contributed by atoms with Gasteiger partial charge in [-0.05, 0) is 63.9 Å². The second-order valence-electron chi connectivity index (χ2n) is 10.3. The summed E-state index contributed by atoms with van der Waals surface area (Å²) in [5.74, 6) is 1.67. The van der Waals surface area contributed by atoms with Gasteiger partial charge in [0.1, 0.15) is 5.82 Å². The van der Waals surface area contributed by atoms with Gasteiger partial charge in [-0.1, -0.05) is 97.1 Å². The van der Waals surface area contributed by atoms with Crippen molar-refractivity contribution < 1.29 is 0 Å². The van der Waals surface area contributed by atoms with Gasteiger partial charge in [0.25, 0.3) is 0 Å². The fraction of sp³-hybridized carbons (Fsp3) is 0.176. The number of fused-ring (bicyclic) bond motifs is 6. The van der Waals surface area contributed by atoms with Crippen molar-refractivity contribution >= 4 is 0 Å². The highest BCUT2D eigenvalue weighted by molar-refractivity contribution is 5.85. The van der Waals surface area contributed by atoms with Crippen LogP contribution in [0.4, 0.5) is 0 Å². The first-order valence-electron chi connectivity index (χ1n) is 12.8. The lowest BCUT2D eigenvalue weighted by atomic mass is 9.77. The van der Waals surface area contributed by atoms with Crippen molar-refractivity contribution in [3.8, 4) is 22.3 Å². The fourth-order valence-electron chi connectivity index (χ4n) is 6.82. The SMILES string of the molecule is CC1=C(C)N(C)C(=C(C2c3ccccc3-c3ccccc32)C2c3ccccc3-c3ccccc32)N1C. The van der Waals surface area contributed by atoms with E-state index in [1.54, 1.807) is 0 Å². The molecule has 0 unspecified atom stereocenters. The third kappa shape index (κ3) is 2.73. The summed E-state index contributed by atoms with van der Waals surface area (Å²) in [6.45, 7) is 4.48. The largest absolute Gasteiger partial charge is 0.333 e. The molecule has 0 saturated heterocycles. The molecule has 1 aliphatic heterocycles. The molecule has 2 heteroatoms. The maximum Gasteiger partial charge on any atom is 0.113 e. The van der Waals surface area contributed by atoms with Crippen LogP contribution < -0.4 is 0 Å². The summed E-state index contributed by atoms with van der Waals surface area (Å²) in [4.78, 5) is 4.83. The lowest BCUT2D eigenvalue weighted by molar-refractivity contribution is 0.405. The molecule has 176 valence electrons. The molecule has 0 atom stereocenters. The highest BCUT2D eigenvalue weighted by Crippen LogP contribution is 2.58. The van der Waals surface area contributed by atoms with Gasteiger partial charge in [-0.2, -0.15) is 0 Å². The number of hydrogen-bond acceptors (Lipinski definition) is 2. The lowest BCUT2D eigenvalue weighted by Crippen LogP contribution is -2.26. The second kappa shape index (κ2) is 7.73. The van der Waals surface area contributed by atoms with E-state index in [-0.39, 0.29) is 11.8 Å². The van der Waals surface area contributed by atoms with Gasteiger partial charge in [0.2, 0.25) is 0 Å². The number of hydrogen-bond donors (Lipinski definition) is 0. The first-order chi connectivity index (χ1) is 17.6. The van der Waals surface area contributed by atoms with Crippen molar-refractivity contribution in [1.29, 1.82) is 0 Å². The van der Waals surface area contributed by atoms with Crippen LogP contribution >= 0.6 is 0 Å². The molecule has 0 radical (unpaired) electrons. The first kappa shape index (κ1) is 21.3. The Labute approximate surface area is 213 Å². The van der Waals surface area contributed by atoms with Gasteiger partial charge in [-0.25, -0.2) is 0 Å². The Hall–Kier alpha value is -4.04. The van der Waals surface area contributed by atoms with Crippen LogP contribution in [0.25, 0.3) is 22.3 Å². The van der Waals surface area contributed by atoms with Gasteiger partial charge in [-0.15, -0.1) is 0 Å². The van der Waals surface area contributed by atoms with E-state index < -0.39 is 0 Å². The minimum Gasteiger partial charge on any atom is -0.333 e. The molecule has 0 aromatic heterocycles. The summed E-state index contributed by atoms with van der Waals surface area (Å²) in [6.07, 6.45) is 0. The molecule has 0 bridgehead atoms. The Bertz CT molecular complexity index is 1400. The third-order valence-electron chi connectivity index (χ3n) is 8.71. The van der Waals surface area contributed by atoms with Crippen LogP contribution in [0.2, 0.25) is 0 Å². The molecule has 0 N–H and O–H groups in total. The molecule has 2 aliphatic carbocycles. The zero-order chi connectivity index (χ0) is 24.6. The average Bonchev–Trinajstić information content (AvgIpc) is 3.49. The van der Waals surface area contributed by atoms with E-state index in [0.717, 1.165) is 0 Å². The van der Waals surface area contributed by atoms with E-state index in [1.807, 2.05) is 0 Å². The molecule has 3 aliphatic rings. The zero-order valence-corrected chi connectivity index (χ0v) is 21.3. The van der Waals surface area contributed by atoms with Gasteiger partial charge in [0.05, 0.1) is 0 Å². The molecule has 0 amide bonds. The lowest BCUT2D eigenvalue weighted by Gasteiger charge is -2.33. The molecule has 2 nitrogen and oxygen atoms in total. The summed E-state index contributed by atoms with van der Waals surface area (Å²) in [5, 5.41) is 0. The summed E-state index contributed by atoms with van der Waals surface area (Å²) in [7, 11) is 4.47. The monoisotopic (exact) mass is 466 g/mol. The molecule has 0 saturated carbocycles. The Morgan fingerprint density at radius 3 is 1.06 bits per heavy atom. The smallest absolute Gasteiger partial charge is 0.113 e. The molecule has 0 fully saturated rings. The van der Waals surface area contributed by atoms with Gasteiger partial charge in [0.15, 0.2) is 0 Å². The summed E-state index contributed by atoms with van der Waals surface area (Å²) in [5.41, 5.74) is 15.2. The summed E-state index contributed by atoms with van der Waals surface area (Å²) in [6, 6.07) is 36.1. The molecule has 36 heavy (non-hydrogen) atoms. The molecule has 7 rings (SSSR count). The molecular weight excluding hydrogens is 436 g/mol. The van der Waals surface area contributed by atoms with Crippen molar-refractivity contribution in [2.75, 3.05) is 14.1 Å². The number of benzene rings is 4. The van der Waals surface area contributed by atoms with Gasteiger partial charge < -0.3 is 9.80 Å². The predicted molar refractivity (Wildman–Crippen MR) is 148 cm³/mol. The van der Waals surface area contributed by atoms with Gasteiger partial charge >= 0.3 is 0 Å². The van der Waals surface area contributed by atoms with Crippen LogP contribution in [0.3, 0.4) is 0 Å². The highest BCUT2D eigenvalue weighted by Gasteiger charge is 2.43. The standard InChI is InChI=1S/C34H30N2/c1-21-22(2)36(4)34(35(21)3)33(31-27-17-9-5-13-23(27)24-14-6-10-18-28(24)31)32-29-19-11-7-15-25(29)26-16-8-12-20-30(26)32/h5-20,31-32H,1-4H3. The van der Waals surface area contributed by atoms with Crippen LogP contribution in [-0.2, 0) is 0 Å². The average molecular weight is 467 g/mol. The van der Waals surface area contributed by atoms with E-state index in [1.165, 1.54) is 67.3 Å². The van der Waals surface area contributed by atoms with Crippen molar-refractivity contribution in [1.82, 2.24) is 9.80 Å². The van der Waals surface area contributed by atoms with E-state index in [9.17, 15) is 0 Å². The van der Waals surface area contributed by atoms with Crippen LogP contribution in [0, 0.1) is 0 Å². The van der Waals surface area contributed by atoms with E-state index >= 15 is 0 Å². The molecule has 4 aromatic rings. The molecule has 1 heterocycles. The third-order valence-corrected chi connectivity index (χ3v) is 8.71. The first-order valence-corrected chi connectivity index (χ1v) is 12.8. The fourth-order valence-corrected chi connectivity index (χ4v) is 6.82. The van der Waals surface area contributed by atoms with Crippen LogP contribution in [0.1, 0.15) is 47.9 Å². The second-order valence-corrected chi connectivity index (χ2v) is 10.3. The number of allylic oxidation sites excluding steroid dienone is 3. The van der Waals surface area contributed by atoms with Crippen molar-refractivity contribution in [3.05, 3.63) is 142 Å². The minimum atomic E-state index is 0.181. The Balaban J connectivity index is 1.59. The highest BCUT2D eigenvalue weighted by atomic mass is 15.4. The predicted octanol–water partition coefficient (Wildman–Crippen LogP) is 7.95. The maximum atomic E-state index is 2.41. The zero-order valence-electron chi connectivity index (χ0n) is 21.3. The van der Waals surface area contributed by atoms with E-state index in [0.29, 0.717) is 0 Å². The number of rotatable bonds is 2. The normalized spacial score (nSPS) is 16.4. The topological polar surface area (TPSA) is 6.48 Å². The van der Waals surface area contributed by atoms with Crippen LogP contribution in [0.15, 0.2) is 120 Å². The molecule has 4 aromatic carbocycles. The minimum absolute atomic E-state index is 0.181. The number of nitrogens with zero attached hydrogens (tertiary/aromatic N) is 2. The van der Waals surface area contributed by atoms with E-state index in [4.69, 9.17) is 0 Å². The van der Waals surface area contributed by atoms with Crippen LogP contribution in [-0.4, -0.2) is 23.9 Å². The summed E-state index contributed by atoms with van der Waals surface area (Å²) < 4.78 is 0. The molecule has 0 spiro atoms. The Kier molecular flexibility index (Phi) is 4.56. The van der Waals surface area contributed by atoms with Crippen molar-refractivity contribution in [2.24, 2.45) is 0 Å². The van der Waals surface area contributed by atoms with Gasteiger partial charge in [0, 0.05) is 37.3 Å². The Morgan fingerprint density at radius 1 is 0.472 bits per heavy atom. The molecular formula is C34H30N2. The quantitative estimate of drug-likeness (QED) is 0.296. The maximum absolute atomic E-state index is 2.41. The van der Waals surface area contributed by atoms with E-state index in [2.05, 4.69) is 135 Å². The van der Waals surface area contributed by atoms with Gasteiger partial charge in [-0.3, -0.25) is 0 Å². The Morgan fingerprint density at radius 2 is 0.750 bits per heavy atom. The van der Waals surface area contributed by atoms with Crippen LogP contribution in [0.5, 0.6) is 0 Å². The van der Waals surface area contributed by atoms with Crippen molar-refractivity contribution in [2.45, 2.75) is 25.7 Å². The van der Waals surface area contributed by atoms with Crippen molar-refractivity contribution in [3.63, 3.8) is 0 Å².